The Morgan fingerprint density at radius 3 is 2.33 bits per heavy atom. The van der Waals surface area contributed by atoms with E-state index >= 15 is 0 Å². The van der Waals surface area contributed by atoms with Gasteiger partial charge in [0.05, 0.1) is 6.42 Å². The highest BCUT2D eigenvalue weighted by molar-refractivity contribution is 5.96. The molecular formula is C18H18N2O4. The van der Waals surface area contributed by atoms with Crippen LogP contribution in [-0.4, -0.2) is 24.2 Å². The van der Waals surface area contributed by atoms with Crippen LogP contribution >= 0.6 is 0 Å². The average Bonchev–Trinajstić information content (AvgIpc) is 2.54. The fourth-order valence-corrected chi connectivity index (χ4v) is 2.11. The molecule has 0 aliphatic heterocycles. The van der Waals surface area contributed by atoms with Crippen molar-refractivity contribution in [3.8, 4) is 5.75 Å². The van der Waals surface area contributed by atoms with E-state index in [0.29, 0.717) is 22.6 Å². The Kier molecular flexibility index (Phi) is 5.68. The number of ether oxygens (including phenoxy) is 1. The van der Waals surface area contributed by atoms with E-state index in [9.17, 15) is 14.4 Å². The fourth-order valence-electron chi connectivity index (χ4n) is 2.11. The number of carbonyl (C=O) groups is 3. The number of amides is 2. The highest BCUT2D eigenvalue weighted by Crippen LogP contribution is 2.18. The molecule has 0 aliphatic carbocycles. The number of Topliss-reactive ketones (excluding diaryl/α,β-unsaturated/α-hetero) is 1. The van der Waals surface area contributed by atoms with Crippen molar-refractivity contribution >= 4 is 23.3 Å². The Hall–Kier alpha value is -3.15. The van der Waals surface area contributed by atoms with Gasteiger partial charge in [-0.05, 0) is 37.3 Å². The molecule has 2 aromatic carbocycles. The average molecular weight is 326 g/mol. The molecule has 2 amide bonds. The lowest BCUT2D eigenvalue weighted by molar-refractivity contribution is -0.118. The van der Waals surface area contributed by atoms with E-state index in [1.165, 1.54) is 6.92 Å². The molecule has 2 aromatic rings. The van der Waals surface area contributed by atoms with Gasteiger partial charge in [0.25, 0.3) is 5.91 Å². The number of benzene rings is 2. The molecule has 0 aliphatic rings. The van der Waals surface area contributed by atoms with Crippen LogP contribution < -0.4 is 15.8 Å². The minimum absolute atomic E-state index is 0.0396. The van der Waals surface area contributed by atoms with Gasteiger partial charge in [-0.25, -0.2) is 0 Å². The summed E-state index contributed by atoms with van der Waals surface area (Å²) in [6.07, 6.45) is 0.0459. The van der Waals surface area contributed by atoms with Crippen molar-refractivity contribution in [2.45, 2.75) is 13.3 Å². The Balaban J connectivity index is 1.94. The van der Waals surface area contributed by atoms with Crippen molar-refractivity contribution in [2.75, 3.05) is 11.9 Å². The predicted molar refractivity (Wildman–Crippen MR) is 89.9 cm³/mol. The molecule has 0 radical (unpaired) electrons. The second-order valence-corrected chi connectivity index (χ2v) is 5.22. The molecule has 0 heterocycles. The summed E-state index contributed by atoms with van der Waals surface area (Å²) in [4.78, 5) is 34.2. The van der Waals surface area contributed by atoms with Crippen LogP contribution in [0.15, 0.2) is 48.5 Å². The molecule has 0 fully saturated rings. The third kappa shape index (κ3) is 4.95. The minimum atomic E-state index is -0.471. The van der Waals surface area contributed by atoms with E-state index in [4.69, 9.17) is 10.5 Å². The van der Waals surface area contributed by atoms with Crippen molar-refractivity contribution in [2.24, 2.45) is 5.73 Å². The molecule has 24 heavy (non-hydrogen) atoms. The van der Waals surface area contributed by atoms with Crippen molar-refractivity contribution in [3.63, 3.8) is 0 Å². The number of ketones is 1. The Morgan fingerprint density at radius 1 is 1.04 bits per heavy atom. The second-order valence-electron chi connectivity index (χ2n) is 5.22. The zero-order chi connectivity index (χ0) is 17.5. The van der Waals surface area contributed by atoms with E-state index in [2.05, 4.69) is 5.32 Å². The zero-order valence-electron chi connectivity index (χ0n) is 13.2. The molecule has 0 atom stereocenters. The standard InChI is InChI=1S/C18H18N2O4/c1-12(21)13-6-8-15(9-7-13)20-18(23)11-24-16-5-3-2-4-14(16)10-17(19)22/h2-9H,10-11H2,1H3,(H2,19,22)(H,20,23). The molecular weight excluding hydrogens is 308 g/mol. The van der Waals surface area contributed by atoms with Crippen LogP contribution in [0.2, 0.25) is 0 Å². The summed E-state index contributed by atoms with van der Waals surface area (Å²) in [6, 6.07) is 13.5. The van der Waals surface area contributed by atoms with Gasteiger partial charge < -0.3 is 15.8 Å². The molecule has 6 heteroatoms. The third-order valence-corrected chi connectivity index (χ3v) is 3.27. The number of para-hydroxylation sites is 1. The summed E-state index contributed by atoms with van der Waals surface area (Å²) in [5.41, 5.74) is 6.96. The van der Waals surface area contributed by atoms with Gasteiger partial charge in [0.15, 0.2) is 12.4 Å². The van der Waals surface area contributed by atoms with Gasteiger partial charge in [0.2, 0.25) is 5.91 Å². The summed E-state index contributed by atoms with van der Waals surface area (Å²) < 4.78 is 5.46. The quantitative estimate of drug-likeness (QED) is 0.760. The number of nitrogens with one attached hydrogen (secondary N) is 1. The van der Waals surface area contributed by atoms with E-state index in [1.807, 2.05) is 0 Å². The van der Waals surface area contributed by atoms with Crippen LogP contribution in [0.5, 0.6) is 5.75 Å². The summed E-state index contributed by atoms with van der Waals surface area (Å²) in [5.74, 6) is -0.416. The molecule has 0 saturated heterocycles. The SMILES string of the molecule is CC(=O)c1ccc(NC(=O)COc2ccccc2CC(N)=O)cc1. The van der Waals surface area contributed by atoms with E-state index < -0.39 is 5.91 Å². The van der Waals surface area contributed by atoms with E-state index in [-0.39, 0.29) is 24.7 Å². The molecule has 124 valence electrons. The molecule has 2 rings (SSSR count). The summed E-state index contributed by atoms with van der Waals surface area (Å²) in [5, 5.41) is 2.67. The highest BCUT2D eigenvalue weighted by Gasteiger charge is 2.09. The lowest BCUT2D eigenvalue weighted by atomic mass is 10.1. The lowest BCUT2D eigenvalue weighted by Gasteiger charge is -2.11. The first-order valence-electron chi connectivity index (χ1n) is 7.35. The van der Waals surface area contributed by atoms with Crippen molar-refractivity contribution in [1.82, 2.24) is 0 Å². The Labute approximate surface area is 139 Å². The molecule has 0 aromatic heterocycles. The second kappa shape index (κ2) is 7.92. The summed E-state index contributed by atoms with van der Waals surface area (Å²) in [7, 11) is 0. The van der Waals surface area contributed by atoms with Gasteiger partial charge >= 0.3 is 0 Å². The van der Waals surface area contributed by atoms with Gasteiger partial charge in [-0.3, -0.25) is 14.4 Å². The van der Waals surface area contributed by atoms with Crippen LogP contribution in [0, 0.1) is 0 Å². The van der Waals surface area contributed by atoms with Crippen LogP contribution in [0.25, 0.3) is 0 Å². The van der Waals surface area contributed by atoms with Gasteiger partial charge in [-0.15, -0.1) is 0 Å². The smallest absolute Gasteiger partial charge is 0.262 e. The maximum Gasteiger partial charge on any atom is 0.262 e. The van der Waals surface area contributed by atoms with Gasteiger partial charge in [0.1, 0.15) is 5.75 Å². The predicted octanol–water partition coefficient (Wildman–Crippen LogP) is 1.93. The topological polar surface area (TPSA) is 98.5 Å². The van der Waals surface area contributed by atoms with Crippen molar-refractivity contribution in [1.29, 1.82) is 0 Å². The Bertz CT molecular complexity index is 754. The highest BCUT2D eigenvalue weighted by atomic mass is 16.5. The molecule has 0 spiro atoms. The van der Waals surface area contributed by atoms with E-state index in [1.54, 1.807) is 48.5 Å². The zero-order valence-corrected chi connectivity index (χ0v) is 13.2. The van der Waals surface area contributed by atoms with Gasteiger partial charge in [0, 0.05) is 16.8 Å². The maximum absolute atomic E-state index is 11.9. The number of primary amides is 1. The summed E-state index contributed by atoms with van der Waals surface area (Å²) >= 11 is 0. The first-order chi connectivity index (χ1) is 11.5. The molecule has 3 N–H and O–H groups in total. The molecule has 6 nitrogen and oxygen atoms in total. The van der Waals surface area contributed by atoms with Crippen LogP contribution in [0.3, 0.4) is 0 Å². The van der Waals surface area contributed by atoms with Crippen LogP contribution in [0.1, 0.15) is 22.8 Å². The maximum atomic E-state index is 11.9. The number of carbonyl (C=O) groups excluding carboxylic acids is 3. The number of rotatable bonds is 7. The van der Waals surface area contributed by atoms with Crippen LogP contribution in [-0.2, 0) is 16.0 Å². The van der Waals surface area contributed by atoms with Crippen molar-refractivity contribution in [3.05, 3.63) is 59.7 Å². The first kappa shape index (κ1) is 17.2. The van der Waals surface area contributed by atoms with Gasteiger partial charge in [-0.2, -0.15) is 0 Å². The normalized spacial score (nSPS) is 10.0. The number of nitrogens with two attached hydrogens (primary N) is 1. The monoisotopic (exact) mass is 326 g/mol. The lowest BCUT2D eigenvalue weighted by Crippen LogP contribution is -2.21. The minimum Gasteiger partial charge on any atom is -0.483 e. The largest absolute Gasteiger partial charge is 0.483 e. The third-order valence-electron chi connectivity index (χ3n) is 3.27. The number of hydrogen-bond acceptors (Lipinski definition) is 4. The summed E-state index contributed by atoms with van der Waals surface area (Å²) in [6.45, 7) is 1.27. The Morgan fingerprint density at radius 2 is 1.71 bits per heavy atom. The molecule has 0 saturated carbocycles. The number of anilines is 1. The molecule has 0 bridgehead atoms. The van der Waals surface area contributed by atoms with Crippen LogP contribution in [0.4, 0.5) is 5.69 Å². The van der Waals surface area contributed by atoms with E-state index in [0.717, 1.165) is 0 Å². The number of hydrogen-bond donors (Lipinski definition) is 2. The van der Waals surface area contributed by atoms with Crippen molar-refractivity contribution < 1.29 is 19.1 Å². The fraction of sp³-hybridized carbons (Fsp3) is 0.167. The first-order valence-corrected chi connectivity index (χ1v) is 7.35. The molecule has 0 unspecified atom stereocenters. The van der Waals surface area contributed by atoms with Gasteiger partial charge in [-0.1, -0.05) is 18.2 Å².